The van der Waals surface area contributed by atoms with Crippen molar-refractivity contribution in [3.63, 3.8) is 0 Å². The third kappa shape index (κ3) is 4.26. The lowest BCUT2D eigenvalue weighted by Gasteiger charge is -2.34. The lowest BCUT2D eigenvalue weighted by Crippen LogP contribution is -2.38. The second-order valence-electron chi connectivity index (χ2n) is 8.26. The highest BCUT2D eigenvalue weighted by Crippen LogP contribution is 2.37. The summed E-state index contributed by atoms with van der Waals surface area (Å²) in [5.74, 6) is 2.71. The molecule has 29 heavy (non-hydrogen) atoms. The molecule has 1 fully saturated rings. The van der Waals surface area contributed by atoms with E-state index in [-0.39, 0.29) is 0 Å². The Morgan fingerprint density at radius 2 is 1.76 bits per heavy atom. The molecule has 4 nitrogen and oxygen atoms in total. The zero-order valence-corrected chi connectivity index (χ0v) is 17.5. The van der Waals surface area contributed by atoms with E-state index in [0.29, 0.717) is 24.2 Å². The maximum atomic E-state index is 13.0. The molecular formula is C25H31NO3. The van der Waals surface area contributed by atoms with Gasteiger partial charge < -0.3 is 14.4 Å². The first-order valence-electron chi connectivity index (χ1n) is 10.8. The molecule has 4 rings (SSSR count). The van der Waals surface area contributed by atoms with Crippen molar-refractivity contribution in [2.24, 2.45) is 0 Å². The van der Waals surface area contributed by atoms with Crippen LogP contribution in [0.3, 0.4) is 0 Å². The lowest BCUT2D eigenvalue weighted by molar-refractivity contribution is -0.132. The molecule has 0 spiro atoms. The molecule has 0 saturated carbocycles. The number of fused-ring (bicyclic) bond motifs is 1. The molecule has 0 N–H and O–H groups in total. The molecule has 1 heterocycles. The number of nitrogens with zero attached hydrogens (tertiary/aromatic N) is 1. The summed E-state index contributed by atoms with van der Waals surface area (Å²) in [6.07, 6.45) is 6.13. The van der Waals surface area contributed by atoms with Crippen LogP contribution < -0.4 is 9.47 Å². The summed E-state index contributed by atoms with van der Waals surface area (Å²) in [5.41, 5.74) is 4.10. The van der Waals surface area contributed by atoms with Crippen LogP contribution in [-0.4, -0.2) is 38.1 Å². The van der Waals surface area contributed by atoms with E-state index < -0.39 is 0 Å². The number of carbonyl (C=O) groups excluding carboxylic acids is 1. The van der Waals surface area contributed by atoms with Crippen molar-refractivity contribution in [2.75, 3.05) is 27.3 Å². The summed E-state index contributed by atoms with van der Waals surface area (Å²) in [4.78, 5) is 15.1. The monoisotopic (exact) mass is 393 g/mol. The fourth-order valence-corrected chi connectivity index (χ4v) is 4.98. The van der Waals surface area contributed by atoms with Crippen molar-refractivity contribution in [1.29, 1.82) is 0 Å². The first-order chi connectivity index (χ1) is 14.2. The lowest BCUT2D eigenvalue weighted by atomic mass is 9.80. The Bertz CT molecular complexity index is 855. The summed E-state index contributed by atoms with van der Waals surface area (Å²) in [7, 11) is 3.33. The normalized spacial score (nSPS) is 19.5. The predicted molar refractivity (Wildman–Crippen MR) is 115 cm³/mol. The molecule has 0 radical (unpaired) electrons. The number of carbonyl (C=O) groups is 1. The van der Waals surface area contributed by atoms with Gasteiger partial charge in [0.2, 0.25) is 5.91 Å². The summed E-state index contributed by atoms with van der Waals surface area (Å²) in [5, 5.41) is 0. The standard InChI is InChI=1S/C25H31NO3/c1-28-23-11-10-20(16-24(23)29-2)18-12-14-26(15-13-18)25(27)17-21-8-5-7-19-6-3-4-9-22(19)21/h3-4,6,9-11,16,18,21H,5,7-8,12-15,17H2,1-2H3. The minimum absolute atomic E-state index is 0.317. The van der Waals surface area contributed by atoms with Crippen LogP contribution in [0.4, 0.5) is 0 Å². The number of aryl methyl sites for hydroxylation is 1. The number of methoxy groups -OCH3 is 2. The fraction of sp³-hybridized carbons (Fsp3) is 0.480. The molecule has 1 unspecified atom stereocenters. The van der Waals surface area contributed by atoms with Crippen LogP contribution in [0.1, 0.15) is 60.6 Å². The average molecular weight is 394 g/mol. The number of amides is 1. The van der Waals surface area contributed by atoms with Crippen molar-refractivity contribution in [3.8, 4) is 11.5 Å². The Hall–Kier alpha value is -2.49. The van der Waals surface area contributed by atoms with Gasteiger partial charge in [-0.15, -0.1) is 0 Å². The van der Waals surface area contributed by atoms with Crippen LogP contribution in [0.25, 0.3) is 0 Å². The van der Waals surface area contributed by atoms with E-state index in [1.165, 1.54) is 23.1 Å². The Balaban J connectivity index is 1.36. The fourth-order valence-electron chi connectivity index (χ4n) is 4.98. The van der Waals surface area contributed by atoms with Crippen molar-refractivity contribution in [1.82, 2.24) is 4.90 Å². The molecule has 154 valence electrons. The SMILES string of the molecule is COc1ccc(C2CCN(C(=O)CC3CCCc4ccccc43)CC2)cc1OC. The van der Waals surface area contributed by atoms with Gasteiger partial charge in [0.15, 0.2) is 11.5 Å². The molecule has 1 aliphatic heterocycles. The molecule has 2 aromatic carbocycles. The molecule has 1 amide bonds. The zero-order chi connectivity index (χ0) is 20.2. The molecule has 1 atom stereocenters. The second-order valence-corrected chi connectivity index (χ2v) is 8.26. The van der Waals surface area contributed by atoms with Gasteiger partial charge in [0.25, 0.3) is 0 Å². The van der Waals surface area contributed by atoms with Crippen LogP contribution in [0, 0.1) is 0 Å². The van der Waals surface area contributed by atoms with Gasteiger partial charge in [0.1, 0.15) is 0 Å². The Labute approximate surface area is 173 Å². The predicted octanol–water partition coefficient (Wildman–Crippen LogP) is 4.92. The number of ether oxygens (including phenoxy) is 2. The topological polar surface area (TPSA) is 38.8 Å². The first kappa shape index (κ1) is 19.8. The van der Waals surface area contributed by atoms with Crippen LogP contribution in [0.15, 0.2) is 42.5 Å². The number of likely N-dealkylation sites (tertiary alicyclic amines) is 1. The van der Waals surface area contributed by atoms with Crippen LogP contribution in [-0.2, 0) is 11.2 Å². The quantitative estimate of drug-likeness (QED) is 0.724. The summed E-state index contributed by atoms with van der Waals surface area (Å²) in [6, 6.07) is 14.9. The smallest absolute Gasteiger partial charge is 0.223 e. The first-order valence-corrected chi connectivity index (χ1v) is 10.8. The number of rotatable bonds is 5. The van der Waals surface area contributed by atoms with Gasteiger partial charge in [0.05, 0.1) is 14.2 Å². The maximum absolute atomic E-state index is 13.0. The van der Waals surface area contributed by atoms with E-state index in [9.17, 15) is 4.79 Å². The molecule has 1 saturated heterocycles. The summed E-state index contributed by atoms with van der Waals surface area (Å²) < 4.78 is 10.8. The Morgan fingerprint density at radius 1 is 1.00 bits per heavy atom. The summed E-state index contributed by atoms with van der Waals surface area (Å²) in [6.45, 7) is 1.68. The highest BCUT2D eigenvalue weighted by Gasteiger charge is 2.28. The van der Waals surface area contributed by atoms with Gasteiger partial charge in [-0.3, -0.25) is 4.79 Å². The van der Waals surface area contributed by atoms with E-state index in [0.717, 1.165) is 50.3 Å². The Kier molecular flexibility index (Phi) is 6.08. The van der Waals surface area contributed by atoms with Gasteiger partial charge in [-0.05, 0) is 72.8 Å². The van der Waals surface area contributed by atoms with E-state index in [4.69, 9.17) is 9.47 Å². The van der Waals surface area contributed by atoms with Gasteiger partial charge in [-0.1, -0.05) is 30.3 Å². The molecule has 0 bridgehead atoms. The molecule has 2 aromatic rings. The zero-order valence-electron chi connectivity index (χ0n) is 17.5. The van der Waals surface area contributed by atoms with Crippen molar-refractivity contribution in [2.45, 2.75) is 50.4 Å². The van der Waals surface area contributed by atoms with Gasteiger partial charge in [-0.2, -0.15) is 0 Å². The highest BCUT2D eigenvalue weighted by molar-refractivity contribution is 5.77. The van der Waals surface area contributed by atoms with E-state index in [1.807, 2.05) is 6.07 Å². The van der Waals surface area contributed by atoms with E-state index in [2.05, 4.69) is 41.3 Å². The van der Waals surface area contributed by atoms with Crippen LogP contribution in [0.2, 0.25) is 0 Å². The van der Waals surface area contributed by atoms with Crippen molar-refractivity contribution < 1.29 is 14.3 Å². The van der Waals surface area contributed by atoms with Crippen LogP contribution >= 0.6 is 0 Å². The number of hydrogen-bond donors (Lipinski definition) is 0. The number of piperidine rings is 1. The minimum atomic E-state index is 0.317. The molecular weight excluding hydrogens is 362 g/mol. The highest BCUT2D eigenvalue weighted by atomic mass is 16.5. The van der Waals surface area contributed by atoms with E-state index >= 15 is 0 Å². The molecule has 2 aliphatic rings. The molecule has 4 heteroatoms. The summed E-state index contributed by atoms with van der Waals surface area (Å²) >= 11 is 0. The third-order valence-corrected chi connectivity index (χ3v) is 6.64. The molecule has 1 aliphatic carbocycles. The third-order valence-electron chi connectivity index (χ3n) is 6.64. The molecule has 0 aromatic heterocycles. The van der Waals surface area contributed by atoms with Gasteiger partial charge in [-0.25, -0.2) is 0 Å². The maximum Gasteiger partial charge on any atom is 0.223 e. The number of hydrogen-bond acceptors (Lipinski definition) is 3. The van der Waals surface area contributed by atoms with Crippen LogP contribution in [0.5, 0.6) is 11.5 Å². The Morgan fingerprint density at radius 3 is 2.52 bits per heavy atom. The largest absolute Gasteiger partial charge is 0.493 e. The second kappa shape index (κ2) is 8.89. The minimum Gasteiger partial charge on any atom is -0.493 e. The van der Waals surface area contributed by atoms with Crippen molar-refractivity contribution >= 4 is 5.91 Å². The average Bonchev–Trinajstić information content (AvgIpc) is 2.79. The van der Waals surface area contributed by atoms with Gasteiger partial charge in [0, 0.05) is 19.5 Å². The number of benzene rings is 2. The van der Waals surface area contributed by atoms with E-state index in [1.54, 1.807) is 14.2 Å². The van der Waals surface area contributed by atoms with Crippen molar-refractivity contribution in [3.05, 3.63) is 59.2 Å². The van der Waals surface area contributed by atoms with Gasteiger partial charge >= 0.3 is 0 Å².